The number of rotatable bonds is 4. The molecule has 0 bridgehead atoms. The van der Waals surface area contributed by atoms with E-state index in [1.807, 2.05) is 31.2 Å². The van der Waals surface area contributed by atoms with Crippen LogP contribution in [0.3, 0.4) is 0 Å². The van der Waals surface area contributed by atoms with E-state index in [9.17, 15) is 0 Å². The first-order valence-electron chi connectivity index (χ1n) is 6.09. The molecule has 0 aromatic heterocycles. The molecule has 0 aliphatic rings. The van der Waals surface area contributed by atoms with Gasteiger partial charge >= 0.3 is 0 Å². The number of nitrogens with two attached hydrogens (primary N) is 1. The lowest BCUT2D eigenvalue weighted by Crippen LogP contribution is -2.05. The number of benzene rings is 2. The third kappa shape index (κ3) is 3.80. The maximum atomic E-state index is 6.17. The third-order valence-electron chi connectivity index (χ3n) is 2.86. The highest BCUT2D eigenvalue weighted by molar-refractivity contribution is 6.42. The Kier molecular flexibility index (Phi) is 5.17. The molecule has 0 unspecified atom stereocenters. The van der Waals surface area contributed by atoms with Crippen LogP contribution in [-0.2, 0) is 6.61 Å². The monoisotopic (exact) mass is 329 g/mol. The van der Waals surface area contributed by atoms with E-state index in [0.717, 1.165) is 11.1 Å². The number of ether oxygens (including phenoxy) is 1. The highest BCUT2D eigenvalue weighted by Gasteiger charge is 2.07. The van der Waals surface area contributed by atoms with Crippen molar-refractivity contribution < 1.29 is 4.74 Å². The Morgan fingerprint density at radius 3 is 2.35 bits per heavy atom. The molecule has 1 atom stereocenters. The topological polar surface area (TPSA) is 35.2 Å². The fourth-order valence-corrected chi connectivity index (χ4v) is 2.27. The maximum absolute atomic E-state index is 6.17. The van der Waals surface area contributed by atoms with E-state index in [0.29, 0.717) is 27.4 Å². The van der Waals surface area contributed by atoms with Crippen LogP contribution in [-0.4, -0.2) is 0 Å². The van der Waals surface area contributed by atoms with E-state index >= 15 is 0 Å². The Balaban J connectivity index is 2.09. The zero-order valence-corrected chi connectivity index (χ0v) is 13.1. The molecular formula is C15H14Cl3NO. The molecule has 0 amide bonds. The second-order valence-corrected chi connectivity index (χ2v) is 5.74. The van der Waals surface area contributed by atoms with E-state index in [-0.39, 0.29) is 6.04 Å². The predicted molar refractivity (Wildman–Crippen MR) is 84.8 cm³/mol. The summed E-state index contributed by atoms with van der Waals surface area (Å²) in [6, 6.07) is 10.8. The van der Waals surface area contributed by atoms with Crippen LogP contribution in [0.4, 0.5) is 0 Å². The van der Waals surface area contributed by atoms with E-state index in [1.165, 1.54) is 0 Å². The molecule has 2 nitrogen and oxygen atoms in total. The molecule has 2 N–H and O–H groups in total. The summed E-state index contributed by atoms with van der Waals surface area (Å²) in [6.45, 7) is 2.27. The fourth-order valence-electron chi connectivity index (χ4n) is 1.71. The second-order valence-electron chi connectivity index (χ2n) is 4.52. The van der Waals surface area contributed by atoms with E-state index in [2.05, 4.69) is 0 Å². The molecule has 0 aliphatic carbocycles. The van der Waals surface area contributed by atoms with Gasteiger partial charge in [0, 0.05) is 6.04 Å². The van der Waals surface area contributed by atoms with Gasteiger partial charge in [0.2, 0.25) is 0 Å². The van der Waals surface area contributed by atoms with Gasteiger partial charge in [0.25, 0.3) is 0 Å². The highest BCUT2D eigenvalue weighted by atomic mass is 35.5. The van der Waals surface area contributed by atoms with Gasteiger partial charge in [-0.15, -0.1) is 0 Å². The molecule has 0 radical (unpaired) electrons. The third-order valence-corrected chi connectivity index (χ3v) is 3.89. The molecule has 0 saturated heterocycles. The van der Waals surface area contributed by atoms with Gasteiger partial charge in [-0.3, -0.25) is 0 Å². The van der Waals surface area contributed by atoms with Crippen molar-refractivity contribution >= 4 is 34.8 Å². The fraction of sp³-hybridized carbons (Fsp3) is 0.200. The lowest BCUT2D eigenvalue weighted by atomic mass is 10.1. The SMILES string of the molecule is C[C@H](N)c1ccc(OCc2ccc(Cl)c(Cl)c2)c(Cl)c1. The first kappa shape index (κ1) is 15.5. The number of halogens is 3. The summed E-state index contributed by atoms with van der Waals surface area (Å²) in [6.07, 6.45) is 0. The minimum atomic E-state index is -0.0587. The van der Waals surface area contributed by atoms with Crippen LogP contribution < -0.4 is 10.5 Å². The Bertz CT molecular complexity index is 614. The van der Waals surface area contributed by atoms with E-state index in [1.54, 1.807) is 12.1 Å². The summed E-state index contributed by atoms with van der Waals surface area (Å²) in [4.78, 5) is 0. The molecule has 0 fully saturated rings. The Hall–Kier alpha value is -0.930. The molecule has 20 heavy (non-hydrogen) atoms. The van der Waals surface area contributed by atoms with Gasteiger partial charge in [-0.2, -0.15) is 0 Å². The Labute approximate surface area is 133 Å². The summed E-state index contributed by atoms with van der Waals surface area (Å²) in [7, 11) is 0. The summed E-state index contributed by atoms with van der Waals surface area (Å²) >= 11 is 18.0. The van der Waals surface area contributed by atoms with Gasteiger partial charge in [-0.05, 0) is 42.3 Å². The second kappa shape index (κ2) is 6.68. The van der Waals surface area contributed by atoms with Gasteiger partial charge in [-0.1, -0.05) is 46.9 Å². The van der Waals surface area contributed by atoms with Gasteiger partial charge in [-0.25, -0.2) is 0 Å². The zero-order chi connectivity index (χ0) is 14.7. The molecule has 2 aromatic rings. The lowest BCUT2D eigenvalue weighted by Gasteiger charge is -2.11. The van der Waals surface area contributed by atoms with Crippen LogP contribution in [0.15, 0.2) is 36.4 Å². The average Bonchev–Trinajstić information content (AvgIpc) is 2.41. The predicted octanol–water partition coefficient (Wildman–Crippen LogP) is 5.25. The highest BCUT2D eigenvalue weighted by Crippen LogP contribution is 2.29. The van der Waals surface area contributed by atoms with Crippen molar-refractivity contribution in [3.05, 3.63) is 62.6 Å². The average molecular weight is 331 g/mol. The first-order valence-corrected chi connectivity index (χ1v) is 7.22. The quantitative estimate of drug-likeness (QED) is 0.831. The zero-order valence-electron chi connectivity index (χ0n) is 10.9. The summed E-state index contributed by atoms with van der Waals surface area (Å²) in [5.41, 5.74) is 7.69. The number of hydrogen-bond acceptors (Lipinski definition) is 2. The van der Waals surface area contributed by atoms with Gasteiger partial charge in [0.1, 0.15) is 12.4 Å². The normalized spacial score (nSPS) is 12.2. The number of hydrogen-bond donors (Lipinski definition) is 1. The van der Waals surface area contributed by atoms with Crippen molar-refractivity contribution in [2.45, 2.75) is 19.6 Å². The molecule has 0 spiro atoms. The summed E-state index contributed by atoms with van der Waals surface area (Å²) < 4.78 is 5.68. The molecule has 5 heteroatoms. The standard InChI is InChI=1S/C15H14Cl3NO/c1-9(19)11-3-5-15(14(18)7-11)20-8-10-2-4-12(16)13(17)6-10/h2-7,9H,8,19H2,1H3/t9-/m0/s1. The Morgan fingerprint density at radius 1 is 1.00 bits per heavy atom. The molecule has 2 rings (SSSR count). The smallest absolute Gasteiger partial charge is 0.138 e. The molecule has 0 aliphatic heterocycles. The summed E-state index contributed by atoms with van der Waals surface area (Å²) in [5, 5.41) is 1.57. The van der Waals surface area contributed by atoms with Crippen molar-refractivity contribution in [3.8, 4) is 5.75 Å². The van der Waals surface area contributed by atoms with Crippen molar-refractivity contribution in [1.29, 1.82) is 0 Å². The van der Waals surface area contributed by atoms with Gasteiger partial charge < -0.3 is 10.5 Å². The van der Waals surface area contributed by atoms with Crippen LogP contribution in [0.5, 0.6) is 5.75 Å². The van der Waals surface area contributed by atoms with Crippen molar-refractivity contribution in [2.75, 3.05) is 0 Å². The molecule has 0 heterocycles. The van der Waals surface area contributed by atoms with Gasteiger partial charge in [0.05, 0.1) is 15.1 Å². The molecule has 2 aromatic carbocycles. The minimum Gasteiger partial charge on any atom is -0.487 e. The lowest BCUT2D eigenvalue weighted by molar-refractivity contribution is 0.306. The van der Waals surface area contributed by atoms with Crippen LogP contribution in [0.25, 0.3) is 0 Å². The maximum Gasteiger partial charge on any atom is 0.138 e. The van der Waals surface area contributed by atoms with Crippen molar-refractivity contribution in [3.63, 3.8) is 0 Å². The van der Waals surface area contributed by atoms with E-state index < -0.39 is 0 Å². The first-order chi connectivity index (χ1) is 9.47. The van der Waals surface area contributed by atoms with Crippen molar-refractivity contribution in [2.24, 2.45) is 5.73 Å². The van der Waals surface area contributed by atoms with Crippen LogP contribution in [0, 0.1) is 0 Å². The van der Waals surface area contributed by atoms with Crippen LogP contribution in [0.1, 0.15) is 24.1 Å². The van der Waals surface area contributed by atoms with E-state index in [4.69, 9.17) is 45.3 Å². The molecule has 0 saturated carbocycles. The largest absolute Gasteiger partial charge is 0.487 e. The molecular weight excluding hydrogens is 317 g/mol. The minimum absolute atomic E-state index is 0.0587. The Morgan fingerprint density at radius 2 is 1.75 bits per heavy atom. The van der Waals surface area contributed by atoms with Crippen LogP contribution >= 0.6 is 34.8 Å². The van der Waals surface area contributed by atoms with Crippen LogP contribution in [0.2, 0.25) is 15.1 Å². The molecule has 106 valence electrons. The summed E-state index contributed by atoms with van der Waals surface area (Å²) in [5.74, 6) is 0.613. The van der Waals surface area contributed by atoms with Gasteiger partial charge in [0.15, 0.2) is 0 Å². The van der Waals surface area contributed by atoms with Crippen molar-refractivity contribution in [1.82, 2.24) is 0 Å².